The van der Waals surface area contributed by atoms with Gasteiger partial charge in [0.2, 0.25) is 0 Å². The monoisotopic (exact) mass is 263 g/mol. The average molecular weight is 263 g/mol. The fourth-order valence-corrected chi connectivity index (χ4v) is 1.93. The van der Waals surface area contributed by atoms with Crippen molar-refractivity contribution in [3.63, 3.8) is 0 Å². The van der Waals surface area contributed by atoms with Crippen molar-refractivity contribution < 1.29 is 9.90 Å². The van der Waals surface area contributed by atoms with Crippen molar-refractivity contribution in [1.29, 1.82) is 0 Å². The molecule has 0 amide bonds. The van der Waals surface area contributed by atoms with Crippen molar-refractivity contribution in [2.45, 2.75) is 26.3 Å². The lowest BCUT2D eigenvalue weighted by molar-refractivity contribution is -0.138. The number of hydrogen-bond acceptors (Lipinski definition) is 5. The van der Waals surface area contributed by atoms with Crippen LogP contribution in [0.2, 0.25) is 0 Å². The lowest BCUT2D eigenvalue weighted by Crippen LogP contribution is -2.31. The molecule has 0 unspecified atom stereocenters. The van der Waals surface area contributed by atoms with Crippen LogP contribution < -0.4 is 5.32 Å². The van der Waals surface area contributed by atoms with E-state index in [0.717, 1.165) is 5.39 Å². The molecule has 7 heteroatoms. The maximum Gasteiger partial charge on any atom is 0.326 e. The first-order valence-electron chi connectivity index (χ1n) is 6.11. The fraction of sp³-hybridized carbons (Fsp3) is 0.500. The molecule has 2 aromatic heterocycles. The smallest absolute Gasteiger partial charge is 0.326 e. The Morgan fingerprint density at radius 1 is 1.47 bits per heavy atom. The van der Waals surface area contributed by atoms with Crippen LogP contribution in [-0.2, 0) is 11.8 Å². The number of anilines is 1. The zero-order chi connectivity index (χ0) is 14.0. The van der Waals surface area contributed by atoms with E-state index in [4.69, 9.17) is 0 Å². The lowest BCUT2D eigenvalue weighted by Gasteiger charge is -2.17. The van der Waals surface area contributed by atoms with Crippen LogP contribution in [0.5, 0.6) is 0 Å². The maximum absolute atomic E-state index is 11.3. The van der Waals surface area contributed by atoms with E-state index in [1.165, 1.54) is 6.33 Å². The normalized spacial score (nSPS) is 12.8. The van der Waals surface area contributed by atoms with E-state index in [1.807, 2.05) is 13.8 Å². The van der Waals surface area contributed by atoms with E-state index in [9.17, 15) is 9.90 Å². The maximum atomic E-state index is 11.3. The topological polar surface area (TPSA) is 92.9 Å². The van der Waals surface area contributed by atoms with Gasteiger partial charge in [-0.3, -0.25) is 4.68 Å². The predicted octanol–water partition coefficient (Wildman–Crippen LogP) is 1.27. The molecule has 0 aromatic carbocycles. The second-order valence-corrected chi connectivity index (χ2v) is 4.89. The first-order chi connectivity index (χ1) is 8.99. The molecule has 0 saturated carbocycles. The second kappa shape index (κ2) is 5.21. The van der Waals surface area contributed by atoms with Gasteiger partial charge in [-0.2, -0.15) is 5.10 Å². The SMILES string of the molecule is CC(C)C[C@@H](Nc1ncnc2c1cnn2C)C(=O)O. The molecule has 2 N–H and O–H groups in total. The number of carbonyl (C=O) groups is 1. The van der Waals surface area contributed by atoms with Crippen LogP contribution in [0.4, 0.5) is 5.82 Å². The minimum absolute atomic E-state index is 0.278. The molecule has 0 radical (unpaired) electrons. The third-order valence-electron chi connectivity index (χ3n) is 2.85. The Labute approximate surface area is 110 Å². The van der Waals surface area contributed by atoms with Gasteiger partial charge in [-0.25, -0.2) is 14.8 Å². The summed E-state index contributed by atoms with van der Waals surface area (Å²) in [4.78, 5) is 19.5. The molecule has 2 rings (SSSR count). The average Bonchev–Trinajstić information content (AvgIpc) is 2.71. The predicted molar refractivity (Wildman–Crippen MR) is 70.8 cm³/mol. The fourth-order valence-electron chi connectivity index (χ4n) is 1.93. The molecule has 2 aromatic rings. The van der Waals surface area contributed by atoms with Crippen LogP contribution in [0.25, 0.3) is 11.0 Å². The standard InChI is InChI=1S/C12H17N5O2/c1-7(2)4-9(12(18)19)16-10-8-5-15-17(3)11(8)14-6-13-10/h5-7,9H,4H2,1-3H3,(H,18,19)(H,13,14,16)/t9-/m1/s1. The second-order valence-electron chi connectivity index (χ2n) is 4.89. The number of aryl methyl sites for hydroxylation is 1. The van der Waals surface area contributed by atoms with Gasteiger partial charge in [0.1, 0.15) is 18.2 Å². The molecule has 0 fully saturated rings. The number of aliphatic carboxylic acids is 1. The summed E-state index contributed by atoms with van der Waals surface area (Å²) in [5.74, 6) is -0.102. The van der Waals surface area contributed by atoms with Gasteiger partial charge in [0, 0.05) is 7.05 Å². The van der Waals surface area contributed by atoms with E-state index >= 15 is 0 Å². The number of rotatable bonds is 5. The third-order valence-corrected chi connectivity index (χ3v) is 2.85. The Kier molecular flexibility index (Phi) is 3.64. The summed E-state index contributed by atoms with van der Waals surface area (Å²) in [6, 6.07) is -0.668. The lowest BCUT2D eigenvalue weighted by atomic mass is 10.0. The van der Waals surface area contributed by atoms with Crippen molar-refractivity contribution in [2.24, 2.45) is 13.0 Å². The molecule has 2 heterocycles. The molecule has 102 valence electrons. The van der Waals surface area contributed by atoms with Gasteiger partial charge in [0.25, 0.3) is 0 Å². The molecule has 0 spiro atoms. The number of carboxylic acids is 1. The highest BCUT2D eigenvalue weighted by atomic mass is 16.4. The van der Waals surface area contributed by atoms with Crippen molar-refractivity contribution in [3.8, 4) is 0 Å². The Bertz CT molecular complexity index is 593. The summed E-state index contributed by atoms with van der Waals surface area (Å²) < 4.78 is 1.63. The Morgan fingerprint density at radius 2 is 2.21 bits per heavy atom. The van der Waals surface area contributed by atoms with Gasteiger partial charge in [-0.05, 0) is 12.3 Å². The summed E-state index contributed by atoms with van der Waals surface area (Å²) >= 11 is 0. The van der Waals surface area contributed by atoms with Gasteiger partial charge in [-0.15, -0.1) is 0 Å². The van der Waals surface area contributed by atoms with Crippen LogP contribution in [-0.4, -0.2) is 36.9 Å². The van der Waals surface area contributed by atoms with E-state index in [2.05, 4.69) is 20.4 Å². The van der Waals surface area contributed by atoms with E-state index < -0.39 is 12.0 Å². The van der Waals surface area contributed by atoms with Crippen LogP contribution >= 0.6 is 0 Å². The molecule has 19 heavy (non-hydrogen) atoms. The largest absolute Gasteiger partial charge is 0.480 e. The Balaban J connectivity index is 2.31. The van der Waals surface area contributed by atoms with Gasteiger partial charge in [0.05, 0.1) is 11.6 Å². The first kappa shape index (κ1) is 13.3. The third kappa shape index (κ3) is 2.81. The number of fused-ring (bicyclic) bond motifs is 1. The quantitative estimate of drug-likeness (QED) is 0.844. The van der Waals surface area contributed by atoms with E-state index in [-0.39, 0.29) is 5.92 Å². The Hall–Kier alpha value is -2.18. The minimum Gasteiger partial charge on any atom is -0.480 e. The van der Waals surface area contributed by atoms with Crippen LogP contribution in [0.3, 0.4) is 0 Å². The van der Waals surface area contributed by atoms with Crippen molar-refractivity contribution in [3.05, 3.63) is 12.5 Å². The zero-order valence-electron chi connectivity index (χ0n) is 11.2. The molecule has 7 nitrogen and oxygen atoms in total. The highest BCUT2D eigenvalue weighted by Crippen LogP contribution is 2.20. The molecule has 0 bridgehead atoms. The molecule has 0 saturated heterocycles. The van der Waals surface area contributed by atoms with Gasteiger partial charge < -0.3 is 10.4 Å². The van der Waals surface area contributed by atoms with Crippen molar-refractivity contribution in [1.82, 2.24) is 19.7 Å². The number of hydrogen-bond donors (Lipinski definition) is 2. The summed E-state index contributed by atoms with van der Waals surface area (Å²) in [5.41, 5.74) is 0.672. The van der Waals surface area contributed by atoms with Crippen molar-refractivity contribution in [2.75, 3.05) is 5.32 Å². The van der Waals surface area contributed by atoms with Gasteiger partial charge >= 0.3 is 5.97 Å². The molecule has 0 aliphatic heterocycles. The highest BCUT2D eigenvalue weighted by Gasteiger charge is 2.20. The molecule has 1 atom stereocenters. The summed E-state index contributed by atoms with van der Waals surface area (Å²) in [5, 5.41) is 17.0. The minimum atomic E-state index is -0.885. The van der Waals surface area contributed by atoms with Crippen LogP contribution in [0.1, 0.15) is 20.3 Å². The van der Waals surface area contributed by atoms with Gasteiger partial charge in [0.15, 0.2) is 5.65 Å². The molecule has 0 aliphatic rings. The van der Waals surface area contributed by atoms with Crippen LogP contribution in [0, 0.1) is 5.92 Å². The first-order valence-corrected chi connectivity index (χ1v) is 6.11. The number of aromatic nitrogens is 4. The molecular formula is C12H17N5O2. The number of carboxylic acid groups (broad SMARTS) is 1. The van der Waals surface area contributed by atoms with Gasteiger partial charge in [-0.1, -0.05) is 13.8 Å². The Morgan fingerprint density at radius 3 is 2.84 bits per heavy atom. The summed E-state index contributed by atoms with van der Waals surface area (Å²) in [6.45, 7) is 3.97. The zero-order valence-corrected chi connectivity index (χ0v) is 11.2. The number of nitrogens with one attached hydrogen (secondary N) is 1. The van der Waals surface area contributed by atoms with E-state index in [1.54, 1.807) is 17.9 Å². The number of nitrogens with zero attached hydrogens (tertiary/aromatic N) is 4. The van der Waals surface area contributed by atoms with Crippen LogP contribution in [0.15, 0.2) is 12.5 Å². The van der Waals surface area contributed by atoms with E-state index in [0.29, 0.717) is 17.9 Å². The van der Waals surface area contributed by atoms with Crippen molar-refractivity contribution >= 4 is 22.8 Å². The highest BCUT2D eigenvalue weighted by molar-refractivity contribution is 5.88. The summed E-state index contributed by atoms with van der Waals surface area (Å²) in [6.07, 6.45) is 3.56. The molecular weight excluding hydrogens is 246 g/mol. The summed E-state index contributed by atoms with van der Waals surface area (Å²) in [7, 11) is 1.78. The molecule has 0 aliphatic carbocycles.